The summed E-state index contributed by atoms with van der Waals surface area (Å²) in [6.45, 7) is 14.2. The maximum atomic E-state index is 11.7. The van der Waals surface area contributed by atoms with E-state index in [4.69, 9.17) is 9.47 Å². The number of carbonyl (C=O) groups excluding carboxylic acids is 1. The van der Waals surface area contributed by atoms with Crippen LogP contribution in [-0.4, -0.2) is 18.7 Å². The summed E-state index contributed by atoms with van der Waals surface area (Å²) in [5.74, 6) is 0.469. The predicted octanol–water partition coefficient (Wildman–Crippen LogP) is 5.79. The molecule has 0 aliphatic rings. The van der Waals surface area contributed by atoms with Crippen molar-refractivity contribution in [1.29, 1.82) is 0 Å². The van der Waals surface area contributed by atoms with Crippen LogP contribution < -0.4 is 4.74 Å². The van der Waals surface area contributed by atoms with E-state index < -0.39 is 6.10 Å². The molecule has 3 heteroatoms. The maximum absolute atomic E-state index is 11.7. The first-order valence-corrected chi connectivity index (χ1v) is 8.08. The zero-order valence-corrected chi connectivity index (χ0v) is 14.7. The molecule has 0 bridgehead atoms. The summed E-state index contributed by atoms with van der Waals surface area (Å²) in [5, 5.41) is 0. The van der Waals surface area contributed by atoms with Gasteiger partial charge in [0.1, 0.15) is 5.75 Å². The second kappa shape index (κ2) is 17.5. The monoisotopic (exact) mass is 312 g/mol. The molecular formula is C19H36O3. The molecule has 0 N–H and O–H groups in total. The van der Waals surface area contributed by atoms with Crippen LogP contribution in [0.3, 0.4) is 0 Å². The maximum Gasteiger partial charge on any atom is 0.347 e. The van der Waals surface area contributed by atoms with Gasteiger partial charge in [0.2, 0.25) is 0 Å². The van der Waals surface area contributed by atoms with Crippen LogP contribution in [0.5, 0.6) is 5.75 Å². The lowest BCUT2D eigenvalue weighted by Gasteiger charge is -2.18. The van der Waals surface area contributed by atoms with Gasteiger partial charge in [0.05, 0.1) is 6.61 Å². The summed E-state index contributed by atoms with van der Waals surface area (Å²) < 4.78 is 10.7. The number of benzene rings is 1. The molecule has 1 rings (SSSR count). The van der Waals surface area contributed by atoms with E-state index in [1.807, 2.05) is 65.8 Å². The molecule has 0 spiro atoms. The van der Waals surface area contributed by atoms with Crippen LogP contribution >= 0.6 is 0 Å². The SMILES string of the molecule is C.CC.CC.CCCC(Oc1ccccc1C)C(=O)OCC. The van der Waals surface area contributed by atoms with Crippen molar-refractivity contribution < 1.29 is 14.3 Å². The summed E-state index contributed by atoms with van der Waals surface area (Å²) in [7, 11) is 0. The van der Waals surface area contributed by atoms with Gasteiger partial charge in [-0.25, -0.2) is 4.79 Å². The topological polar surface area (TPSA) is 35.5 Å². The third kappa shape index (κ3) is 10.3. The highest BCUT2D eigenvalue weighted by Gasteiger charge is 2.21. The van der Waals surface area contributed by atoms with Crippen LogP contribution in [-0.2, 0) is 9.53 Å². The molecule has 0 aliphatic carbocycles. The fourth-order valence-electron chi connectivity index (χ4n) is 1.56. The zero-order valence-electron chi connectivity index (χ0n) is 14.7. The van der Waals surface area contributed by atoms with E-state index >= 15 is 0 Å². The first-order valence-electron chi connectivity index (χ1n) is 8.08. The summed E-state index contributed by atoms with van der Waals surface area (Å²) in [5.41, 5.74) is 1.03. The smallest absolute Gasteiger partial charge is 0.347 e. The molecule has 0 fully saturated rings. The van der Waals surface area contributed by atoms with E-state index in [-0.39, 0.29) is 13.4 Å². The van der Waals surface area contributed by atoms with Crippen LogP contribution in [0.2, 0.25) is 0 Å². The summed E-state index contributed by atoms with van der Waals surface area (Å²) in [6.07, 6.45) is 1.06. The molecule has 1 atom stereocenters. The number of carbonyl (C=O) groups is 1. The summed E-state index contributed by atoms with van der Waals surface area (Å²) in [4.78, 5) is 11.7. The molecule has 22 heavy (non-hydrogen) atoms. The Morgan fingerprint density at radius 3 is 2.09 bits per heavy atom. The first-order chi connectivity index (χ1) is 10.2. The molecule has 3 nitrogen and oxygen atoms in total. The van der Waals surface area contributed by atoms with Gasteiger partial charge in [0, 0.05) is 0 Å². The molecule has 0 amide bonds. The van der Waals surface area contributed by atoms with Gasteiger partial charge in [-0.2, -0.15) is 0 Å². The molecule has 0 saturated carbocycles. The van der Waals surface area contributed by atoms with Gasteiger partial charge in [0.15, 0.2) is 6.10 Å². The van der Waals surface area contributed by atoms with Crippen LogP contribution in [0.1, 0.15) is 67.4 Å². The fourth-order valence-corrected chi connectivity index (χ4v) is 1.56. The molecule has 1 unspecified atom stereocenters. The second-order valence-corrected chi connectivity index (χ2v) is 3.91. The number of hydrogen-bond donors (Lipinski definition) is 0. The minimum absolute atomic E-state index is 0. The molecule has 0 radical (unpaired) electrons. The average molecular weight is 312 g/mol. The normalized spacial score (nSPS) is 9.77. The quantitative estimate of drug-likeness (QED) is 0.623. The summed E-state index contributed by atoms with van der Waals surface area (Å²) >= 11 is 0. The Balaban J connectivity index is -0.000000665. The van der Waals surface area contributed by atoms with Gasteiger partial charge in [-0.1, -0.05) is 66.7 Å². The Hall–Kier alpha value is -1.51. The molecule has 0 heterocycles. The van der Waals surface area contributed by atoms with E-state index in [0.717, 1.165) is 17.7 Å². The molecule has 1 aromatic carbocycles. The lowest BCUT2D eigenvalue weighted by atomic mass is 10.2. The van der Waals surface area contributed by atoms with E-state index in [1.54, 1.807) is 6.92 Å². The number of ether oxygens (including phenoxy) is 2. The zero-order chi connectivity index (χ0) is 16.7. The van der Waals surface area contributed by atoms with Crippen molar-refractivity contribution in [3.05, 3.63) is 29.8 Å². The van der Waals surface area contributed by atoms with Crippen molar-refractivity contribution in [2.75, 3.05) is 6.61 Å². The van der Waals surface area contributed by atoms with Crippen molar-refractivity contribution in [3.8, 4) is 5.75 Å². The van der Waals surface area contributed by atoms with Crippen LogP contribution in [0, 0.1) is 6.92 Å². The van der Waals surface area contributed by atoms with Crippen molar-refractivity contribution >= 4 is 5.97 Å². The third-order valence-electron chi connectivity index (χ3n) is 2.46. The number of aryl methyl sites for hydroxylation is 1. The Kier molecular flexibility index (Phi) is 20.3. The Morgan fingerprint density at radius 1 is 1.09 bits per heavy atom. The number of esters is 1. The van der Waals surface area contributed by atoms with Crippen molar-refractivity contribution in [2.45, 2.75) is 74.8 Å². The van der Waals surface area contributed by atoms with E-state index in [0.29, 0.717) is 13.0 Å². The second-order valence-electron chi connectivity index (χ2n) is 3.91. The Labute approximate surface area is 138 Å². The predicted molar refractivity (Wildman–Crippen MR) is 96.6 cm³/mol. The van der Waals surface area contributed by atoms with Crippen LogP contribution in [0.4, 0.5) is 0 Å². The fraction of sp³-hybridized carbons (Fsp3) is 0.632. The molecule has 1 aromatic rings. The summed E-state index contributed by atoms with van der Waals surface area (Å²) in [6, 6.07) is 7.68. The van der Waals surface area contributed by atoms with Gasteiger partial charge >= 0.3 is 5.97 Å². The lowest BCUT2D eigenvalue weighted by Crippen LogP contribution is -2.29. The largest absolute Gasteiger partial charge is 0.478 e. The minimum atomic E-state index is -0.499. The van der Waals surface area contributed by atoms with Gasteiger partial charge in [-0.15, -0.1) is 0 Å². The van der Waals surface area contributed by atoms with E-state index in [2.05, 4.69) is 0 Å². The lowest BCUT2D eigenvalue weighted by molar-refractivity contribution is -0.151. The van der Waals surface area contributed by atoms with Gasteiger partial charge in [0.25, 0.3) is 0 Å². The van der Waals surface area contributed by atoms with E-state index in [1.165, 1.54) is 0 Å². The van der Waals surface area contributed by atoms with Gasteiger partial charge < -0.3 is 9.47 Å². The first kappa shape index (κ1) is 25.4. The number of rotatable bonds is 6. The minimum Gasteiger partial charge on any atom is -0.478 e. The highest BCUT2D eigenvalue weighted by atomic mass is 16.6. The van der Waals surface area contributed by atoms with Crippen molar-refractivity contribution in [2.24, 2.45) is 0 Å². The number of para-hydroxylation sites is 1. The van der Waals surface area contributed by atoms with Crippen LogP contribution in [0.25, 0.3) is 0 Å². The molecule has 130 valence electrons. The number of hydrogen-bond acceptors (Lipinski definition) is 3. The van der Waals surface area contributed by atoms with Crippen molar-refractivity contribution in [3.63, 3.8) is 0 Å². The molecule has 0 saturated heterocycles. The Bertz CT molecular complexity index is 361. The molecular weight excluding hydrogens is 276 g/mol. The molecule has 0 aromatic heterocycles. The highest BCUT2D eigenvalue weighted by Crippen LogP contribution is 2.19. The van der Waals surface area contributed by atoms with Gasteiger partial charge in [-0.3, -0.25) is 0 Å². The van der Waals surface area contributed by atoms with Crippen molar-refractivity contribution in [1.82, 2.24) is 0 Å². The standard InChI is InChI=1S/C14H20O3.2C2H6.CH4/c1-4-8-13(14(15)16-5-2)17-12-10-7-6-9-11(12)3;2*1-2;/h6-7,9-10,13H,4-5,8H2,1-3H3;2*1-2H3;1H4. The molecule has 0 aliphatic heterocycles. The van der Waals surface area contributed by atoms with E-state index in [9.17, 15) is 4.79 Å². The van der Waals surface area contributed by atoms with Crippen LogP contribution in [0.15, 0.2) is 24.3 Å². The third-order valence-corrected chi connectivity index (χ3v) is 2.46. The van der Waals surface area contributed by atoms with Gasteiger partial charge in [-0.05, 0) is 31.9 Å². The Morgan fingerprint density at radius 2 is 1.64 bits per heavy atom. The highest BCUT2D eigenvalue weighted by molar-refractivity contribution is 5.75. The average Bonchev–Trinajstić information content (AvgIpc) is 2.53.